The van der Waals surface area contributed by atoms with Crippen LogP contribution in [0.1, 0.15) is 18.4 Å². The Morgan fingerprint density at radius 3 is 2.72 bits per heavy atom. The summed E-state index contributed by atoms with van der Waals surface area (Å²) in [6.07, 6.45) is 1.12. The van der Waals surface area contributed by atoms with Gasteiger partial charge in [-0.15, -0.1) is 0 Å². The maximum Gasteiger partial charge on any atom is 0.303 e. The Balaban J connectivity index is 2.61. The SMILES string of the molecule is NC(N)=Nc1cccc(C[C@H](N)CCC(=O)O)c1. The number of carboxylic acid groups (broad SMARTS) is 1. The summed E-state index contributed by atoms with van der Waals surface area (Å²) >= 11 is 0. The highest BCUT2D eigenvalue weighted by molar-refractivity contribution is 5.79. The fraction of sp³-hybridized carbons (Fsp3) is 0.333. The van der Waals surface area contributed by atoms with Crippen LogP contribution >= 0.6 is 0 Å². The summed E-state index contributed by atoms with van der Waals surface area (Å²) in [5.74, 6) is -0.831. The van der Waals surface area contributed by atoms with Crippen LogP contribution < -0.4 is 17.2 Å². The van der Waals surface area contributed by atoms with Crippen LogP contribution in [-0.2, 0) is 11.2 Å². The summed E-state index contributed by atoms with van der Waals surface area (Å²) in [4.78, 5) is 14.4. The van der Waals surface area contributed by atoms with Gasteiger partial charge in [-0.3, -0.25) is 4.79 Å². The molecule has 1 rings (SSSR count). The van der Waals surface area contributed by atoms with Crippen LogP contribution in [0.5, 0.6) is 0 Å². The number of aliphatic carboxylic acids is 1. The molecule has 1 atom stereocenters. The Hall–Kier alpha value is -2.08. The molecule has 0 aliphatic heterocycles. The lowest BCUT2D eigenvalue weighted by molar-refractivity contribution is -0.137. The Bertz CT molecular complexity index is 441. The van der Waals surface area contributed by atoms with Gasteiger partial charge in [-0.05, 0) is 30.5 Å². The van der Waals surface area contributed by atoms with Crippen molar-refractivity contribution in [2.75, 3.05) is 0 Å². The summed E-state index contributed by atoms with van der Waals surface area (Å²) in [6.45, 7) is 0. The van der Waals surface area contributed by atoms with Gasteiger partial charge in [0.05, 0.1) is 5.69 Å². The predicted octanol–water partition coefficient (Wildman–Crippen LogP) is 0.326. The number of nitrogens with two attached hydrogens (primary N) is 3. The average Bonchev–Trinajstić information content (AvgIpc) is 2.26. The molecule has 0 saturated heterocycles. The molecule has 0 bridgehead atoms. The first-order chi connectivity index (χ1) is 8.47. The Morgan fingerprint density at radius 2 is 2.11 bits per heavy atom. The van der Waals surface area contributed by atoms with Crippen LogP contribution in [0.2, 0.25) is 0 Å². The normalized spacial score (nSPS) is 11.8. The van der Waals surface area contributed by atoms with E-state index in [4.69, 9.17) is 22.3 Å². The van der Waals surface area contributed by atoms with Crippen molar-refractivity contribution in [2.45, 2.75) is 25.3 Å². The molecule has 0 saturated carbocycles. The topological polar surface area (TPSA) is 128 Å². The van der Waals surface area contributed by atoms with Gasteiger partial charge in [-0.25, -0.2) is 4.99 Å². The van der Waals surface area contributed by atoms with Crippen molar-refractivity contribution < 1.29 is 9.90 Å². The molecule has 0 aliphatic rings. The second-order valence-corrected chi connectivity index (χ2v) is 4.10. The summed E-state index contributed by atoms with van der Waals surface area (Å²) in [6, 6.07) is 7.18. The smallest absolute Gasteiger partial charge is 0.303 e. The highest BCUT2D eigenvalue weighted by atomic mass is 16.4. The number of guanidine groups is 1. The fourth-order valence-corrected chi connectivity index (χ4v) is 1.62. The number of carboxylic acids is 1. The van der Waals surface area contributed by atoms with Gasteiger partial charge in [0.25, 0.3) is 0 Å². The number of hydrogen-bond acceptors (Lipinski definition) is 3. The second kappa shape index (κ2) is 6.61. The fourth-order valence-electron chi connectivity index (χ4n) is 1.62. The lowest BCUT2D eigenvalue weighted by atomic mass is 10.0. The van der Waals surface area contributed by atoms with Crippen LogP contribution in [0.25, 0.3) is 0 Å². The monoisotopic (exact) mass is 250 g/mol. The van der Waals surface area contributed by atoms with Crippen LogP contribution in [0.3, 0.4) is 0 Å². The maximum absolute atomic E-state index is 10.4. The minimum absolute atomic E-state index is 0.00215. The van der Waals surface area contributed by atoms with E-state index >= 15 is 0 Å². The number of nitrogens with zero attached hydrogens (tertiary/aromatic N) is 1. The molecule has 0 heterocycles. The Morgan fingerprint density at radius 1 is 1.39 bits per heavy atom. The highest BCUT2D eigenvalue weighted by Gasteiger charge is 2.07. The standard InChI is InChI=1S/C12H18N4O2/c13-9(4-5-11(17)18)6-8-2-1-3-10(7-8)16-12(14)15/h1-3,7,9H,4-6,13H2,(H,17,18)(H4,14,15,16)/t9-/m1/s1. The number of carbonyl (C=O) groups is 1. The Labute approximate surface area is 105 Å². The van der Waals surface area contributed by atoms with Crippen molar-refractivity contribution in [1.29, 1.82) is 0 Å². The number of benzene rings is 1. The first-order valence-corrected chi connectivity index (χ1v) is 5.63. The average molecular weight is 250 g/mol. The molecule has 1 aromatic carbocycles. The molecular formula is C12H18N4O2. The lowest BCUT2D eigenvalue weighted by Crippen LogP contribution is -2.23. The molecule has 0 aromatic heterocycles. The van der Waals surface area contributed by atoms with E-state index in [1.165, 1.54) is 0 Å². The predicted molar refractivity (Wildman–Crippen MR) is 70.5 cm³/mol. The summed E-state index contributed by atoms with van der Waals surface area (Å²) < 4.78 is 0. The highest BCUT2D eigenvalue weighted by Crippen LogP contribution is 2.15. The van der Waals surface area contributed by atoms with Crippen LogP contribution in [0.15, 0.2) is 29.3 Å². The quantitative estimate of drug-likeness (QED) is 0.427. The minimum Gasteiger partial charge on any atom is -0.481 e. The first kappa shape index (κ1) is 14.0. The molecule has 6 heteroatoms. The van der Waals surface area contributed by atoms with Crippen molar-refractivity contribution in [1.82, 2.24) is 0 Å². The van der Waals surface area contributed by atoms with Gasteiger partial charge in [0.2, 0.25) is 0 Å². The van der Waals surface area contributed by atoms with Crippen molar-refractivity contribution >= 4 is 17.6 Å². The van der Waals surface area contributed by atoms with Gasteiger partial charge in [0.15, 0.2) is 5.96 Å². The molecule has 0 amide bonds. The van der Waals surface area contributed by atoms with E-state index in [-0.39, 0.29) is 18.4 Å². The zero-order valence-electron chi connectivity index (χ0n) is 10.0. The van der Waals surface area contributed by atoms with E-state index in [1.54, 1.807) is 6.07 Å². The summed E-state index contributed by atoms with van der Waals surface area (Å²) in [5.41, 5.74) is 18.1. The van der Waals surface area contributed by atoms with Gasteiger partial charge >= 0.3 is 5.97 Å². The molecular weight excluding hydrogens is 232 g/mol. The zero-order valence-corrected chi connectivity index (χ0v) is 10.0. The van der Waals surface area contributed by atoms with E-state index in [9.17, 15) is 4.79 Å². The number of rotatable bonds is 6. The molecule has 0 radical (unpaired) electrons. The summed E-state index contributed by atoms with van der Waals surface area (Å²) in [5, 5.41) is 8.57. The minimum atomic E-state index is -0.834. The zero-order chi connectivity index (χ0) is 13.5. The van der Waals surface area contributed by atoms with Gasteiger partial charge < -0.3 is 22.3 Å². The molecule has 0 unspecified atom stereocenters. The number of hydrogen-bond donors (Lipinski definition) is 4. The third kappa shape index (κ3) is 5.31. The van der Waals surface area contributed by atoms with Gasteiger partial charge in [0, 0.05) is 12.5 Å². The molecule has 1 aromatic rings. The molecule has 0 fully saturated rings. The van der Waals surface area contributed by atoms with E-state index in [0.29, 0.717) is 18.5 Å². The van der Waals surface area contributed by atoms with E-state index in [1.807, 2.05) is 18.2 Å². The van der Waals surface area contributed by atoms with E-state index < -0.39 is 5.97 Å². The van der Waals surface area contributed by atoms with Crippen LogP contribution in [0, 0.1) is 0 Å². The van der Waals surface area contributed by atoms with Crippen LogP contribution in [-0.4, -0.2) is 23.1 Å². The largest absolute Gasteiger partial charge is 0.481 e. The Kier molecular flexibility index (Phi) is 5.13. The number of aliphatic imine (C=N–C) groups is 1. The molecule has 98 valence electrons. The van der Waals surface area contributed by atoms with E-state index in [2.05, 4.69) is 4.99 Å². The molecule has 6 nitrogen and oxygen atoms in total. The third-order valence-corrected chi connectivity index (χ3v) is 2.40. The van der Waals surface area contributed by atoms with Crippen molar-refractivity contribution in [2.24, 2.45) is 22.2 Å². The van der Waals surface area contributed by atoms with Gasteiger partial charge in [-0.1, -0.05) is 12.1 Å². The van der Waals surface area contributed by atoms with E-state index in [0.717, 1.165) is 5.56 Å². The van der Waals surface area contributed by atoms with Crippen molar-refractivity contribution in [3.05, 3.63) is 29.8 Å². The van der Waals surface area contributed by atoms with Crippen molar-refractivity contribution in [3.8, 4) is 0 Å². The second-order valence-electron chi connectivity index (χ2n) is 4.10. The molecule has 0 spiro atoms. The van der Waals surface area contributed by atoms with Crippen LogP contribution in [0.4, 0.5) is 5.69 Å². The molecule has 7 N–H and O–H groups in total. The molecule has 18 heavy (non-hydrogen) atoms. The van der Waals surface area contributed by atoms with Gasteiger partial charge in [-0.2, -0.15) is 0 Å². The van der Waals surface area contributed by atoms with Gasteiger partial charge in [0.1, 0.15) is 0 Å². The molecule has 0 aliphatic carbocycles. The first-order valence-electron chi connectivity index (χ1n) is 5.63. The lowest BCUT2D eigenvalue weighted by Gasteiger charge is -2.10. The maximum atomic E-state index is 10.4. The summed E-state index contributed by atoms with van der Waals surface area (Å²) in [7, 11) is 0. The third-order valence-electron chi connectivity index (χ3n) is 2.40. The van der Waals surface area contributed by atoms with Crippen molar-refractivity contribution in [3.63, 3.8) is 0 Å².